The Bertz CT molecular complexity index is 868. The largest absolute Gasteiger partial charge is 0.481 e. The molecule has 0 heterocycles. The number of nitrogens with one attached hydrogen (secondary N) is 3. The summed E-state index contributed by atoms with van der Waals surface area (Å²) in [5.41, 5.74) is 6.24. The van der Waals surface area contributed by atoms with E-state index in [4.69, 9.17) is 10.8 Å². The molecule has 5 unspecified atom stereocenters. The van der Waals surface area contributed by atoms with Crippen molar-refractivity contribution in [3.63, 3.8) is 0 Å². The average Bonchev–Trinajstić information content (AvgIpc) is 2.78. The van der Waals surface area contributed by atoms with E-state index in [0.29, 0.717) is 5.56 Å². The second-order valence-corrected chi connectivity index (χ2v) is 7.96. The van der Waals surface area contributed by atoms with Gasteiger partial charge in [0.1, 0.15) is 12.1 Å². The second-order valence-electron chi connectivity index (χ2n) is 7.60. The van der Waals surface area contributed by atoms with Crippen LogP contribution in [0.5, 0.6) is 0 Å². The molecular formula is C21H30N4O8S. The number of aliphatic hydroxyl groups excluding tert-OH is 1. The van der Waals surface area contributed by atoms with E-state index < -0.39 is 66.4 Å². The Morgan fingerprint density at radius 3 is 2.00 bits per heavy atom. The van der Waals surface area contributed by atoms with Gasteiger partial charge in [-0.2, -0.15) is 12.6 Å². The molecule has 0 aromatic heterocycles. The summed E-state index contributed by atoms with van der Waals surface area (Å²) in [7, 11) is 0. The topological polar surface area (TPSA) is 208 Å². The first kappa shape index (κ1) is 28.9. The van der Waals surface area contributed by atoms with Gasteiger partial charge in [-0.1, -0.05) is 30.3 Å². The molecule has 1 rings (SSSR count). The fraction of sp³-hybridized carbons (Fsp3) is 0.476. The van der Waals surface area contributed by atoms with Crippen LogP contribution in [0.15, 0.2) is 30.3 Å². The molecule has 1 aromatic carbocycles. The number of carbonyl (C=O) groups is 5. The van der Waals surface area contributed by atoms with Crippen LogP contribution in [0.4, 0.5) is 0 Å². The van der Waals surface area contributed by atoms with Crippen molar-refractivity contribution in [3.8, 4) is 0 Å². The van der Waals surface area contributed by atoms with Crippen molar-refractivity contribution in [2.45, 2.75) is 56.5 Å². The third-order valence-electron chi connectivity index (χ3n) is 4.78. The molecule has 0 spiro atoms. The number of thiol groups is 1. The van der Waals surface area contributed by atoms with E-state index in [-0.39, 0.29) is 18.6 Å². The molecule has 0 fully saturated rings. The molecule has 188 valence electrons. The van der Waals surface area contributed by atoms with Crippen LogP contribution in [0.1, 0.15) is 25.3 Å². The Hall–Kier alpha value is -3.16. The highest BCUT2D eigenvalue weighted by Crippen LogP contribution is 2.07. The number of benzene rings is 1. The second kappa shape index (κ2) is 14.2. The summed E-state index contributed by atoms with van der Waals surface area (Å²) in [6, 6.07) is 3.23. The fourth-order valence-corrected chi connectivity index (χ4v) is 3.04. The summed E-state index contributed by atoms with van der Waals surface area (Å²) in [5, 5.41) is 34.9. The minimum Gasteiger partial charge on any atom is -0.481 e. The predicted octanol–water partition coefficient (Wildman–Crippen LogP) is -1.73. The number of nitrogens with two attached hydrogens (primary N) is 1. The molecule has 0 saturated carbocycles. The van der Waals surface area contributed by atoms with Crippen LogP contribution in [-0.2, 0) is 30.4 Å². The van der Waals surface area contributed by atoms with Crippen molar-refractivity contribution in [1.82, 2.24) is 16.0 Å². The number of aliphatic hydroxyl groups is 1. The molecule has 0 saturated heterocycles. The first-order valence-electron chi connectivity index (χ1n) is 10.4. The molecule has 12 nitrogen and oxygen atoms in total. The van der Waals surface area contributed by atoms with Gasteiger partial charge in [0, 0.05) is 18.6 Å². The smallest absolute Gasteiger partial charge is 0.328 e. The van der Waals surface area contributed by atoms with E-state index in [0.717, 1.165) is 0 Å². The van der Waals surface area contributed by atoms with Crippen molar-refractivity contribution in [3.05, 3.63) is 35.9 Å². The highest BCUT2D eigenvalue weighted by molar-refractivity contribution is 7.80. The molecular weight excluding hydrogens is 468 g/mol. The van der Waals surface area contributed by atoms with Gasteiger partial charge in [-0.3, -0.25) is 19.2 Å². The SMILES string of the molecule is CC(O)C(NC(=O)C(Cc1ccccc1)NC(=O)C(CCC(=O)O)NC(=O)C(N)CS)C(=O)O. The lowest BCUT2D eigenvalue weighted by atomic mass is 10.0. The van der Waals surface area contributed by atoms with Gasteiger partial charge in [0.25, 0.3) is 0 Å². The Morgan fingerprint density at radius 1 is 0.941 bits per heavy atom. The lowest BCUT2D eigenvalue weighted by Gasteiger charge is -2.25. The van der Waals surface area contributed by atoms with Crippen LogP contribution < -0.4 is 21.7 Å². The number of rotatable bonds is 14. The normalized spacial score (nSPS) is 15.2. The van der Waals surface area contributed by atoms with Gasteiger partial charge in [0.2, 0.25) is 17.7 Å². The van der Waals surface area contributed by atoms with Crippen molar-refractivity contribution >= 4 is 42.3 Å². The molecule has 1 aromatic rings. The van der Waals surface area contributed by atoms with Gasteiger partial charge in [-0.15, -0.1) is 0 Å². The Balaban J connectivity index is 3.13. The molecule has 34 heavy (non-hydrogen) atoms. The van der Waals surface area contributed by atoms with Gasteiger partial charge < -0.3 is 37.0 Å². The number of amides is 3. The van der Waals surface area contributed by atoms with E-state index in [2.05, 4.69) is 28.6 Å². The van der Waals surface area contributed by atoms with Crippen LogP contribution in [0.25, 0.3) is 0 Å². The summed E-state index contributed by atoms with van der Waals surface area (Å²) in [6.07, 6.45) is -2.19. The van der Waals surface area contributed by atoms with Crippen LogP contribution in [0.3, 0.4) is 0 Å². The van der Waals surface area contributed by atoms with E-state index in [1.54, 1.807) is 30.3 Å². The number of carboxylic acid groups (broad SMARTS) is 2. The zero-order chi connectivity index (χ0) is 25.8. The maximum Gasteiger partial charge on any atom is 0.328 e. The molecule has 0 radical (unpaired) electrons. The van der Waals surface area contributed by atoms with Gasteiger partial charge in [-0.25, -0.2) is 4.79 Å². The number of carbonyl (C=O) groups excluding carboxylic acids is 3. The minimum atomic E-state index is -1.63. The highest BCUT2D eigenvalue weighted by atomic mass is 32.1. The summed E-state index contributed by atoms with van der Waals surface area (Å²) < 4.78 is 0. The quantitative estimate of drug-likeness (QED) is 0.137. The standard InChI is InChI=1S/C21H30N4O8S/c1-11(26)17(21(32)33)25-20(31)15(9-12-5-3-2-4-6-12)24-19(30)14(7-8-16(27)28)23-18(29)13(22)10-34/h2-6,11,13-15,17,26,34H,7-10,22H2,1H3,(H,23,29)(H,24,30)(H,25,31)(H,27,28)(H,32,33). The lowest BCUT2D eigenvalue weighted by Crippen LogP contribution is -2.59. The fourth-order valence-electron chi connectivity index (χ4n) is 2.87. The molecule has 3 amide bonds. The molecule has 0 aliphatic carbocycles. The summed E-state index contributed by atoms with van der Waals surface area (Å²) in [6.45, 7) is 1.19. The molecule has 13 heteroatoms. The van der Waals surface area contributed by atoms with E-state index in [1.807, 2.05) is 0 Å². The Labute approximate surface area is 201 Å². The third-order valence-corrected chi connectivity index (χ3v) is 5.17. The lowest BCUT2D eigenvalue weighted by molar-refractivity contribution is -0.145. The van der Waals surface area contributed by atoms with Gasteiger partial charge in [0.05, 0.1) is 12.1 Å². The zero-order valence-electron chi connectivity index (χ0n) is 18.5. The van der Waals surface area contributed by atoms with E-state index in [9.17, 15) is 34.2 Å². The maximum absolute atomic E-state index is 12.9. The molecule has 0 aliphatic rings. The van der Waals surface area contributed by atoms with Crippen molar-refractivity contribution < 1.29 is 39.3 Å². The Morgan fingerprint density at radius 2 is 1.50 bits per heavy atom. The minimum absolute atomic E-state index is 0.0198. The molecule has 8 N–H and O–H groups in total. The van der Waals surface area contributed by atoms with Gasteiger partial charge in [0.15, 0.2) is 6.04 Å². The number of hydrogen-bond donors (Lipinski definition) is 8. The molecule has 0 aliphatic heterocycles. The Kier molecular flexibility index (Phi) is 12.0. The van der Waals surface area contributed by atoms with Crippen LogP contribution in [-0.4, -0.2) is 81.0 Å². The van der Waals surface area contributed by atoms with Crippen LogP contribution in [0, 0.1) is 0 Å². The van der Waals surface area contributed by atoms with Crippen molar-refractivity contribution in [2.75, 3.05) is 5.75 Å². The zero-order valence-corrected chi connectivity index (χ0v) is 19.4. The summed E-state index contributed by atoms with van der Waals surface area (Å²) in [5.74, 6) is -5.18. The number of carboxylic acids is 2. The number of hydrogen-bond acceptors (Lipinski definition) is 8. The monoisotopic (exact) mass is 498 g/mol. The predicted molar refractivity (Wildman–Crippen MR) is 124 cm³/mol. The van der Waals surface area contributed by atoms with E-state index >= 15 is 0 Å². The third kappa shape index (κ3) is 9.77. The van der Waals surface area contributed by atoms with E-state index in [1.165, 1.54) is 6.92 Å². The summed E-state index contributed by atoms with van der Waals surface area (Å²) in [4.78, 5) is 60.3. The first-order chi connectivity index (χ1) is 16.0. The molecule has 0 bridgehead atoms. The summed E-state index contributed by atoms with van der Waals surface area (Å²) >= 11 is 3.91. The van der Waals surface area contributed by atoms with Gasteiger partial charge in [-0.05, 0) is 18.9 Å². The number of aliphatic carboxylic acids is 2. The molecule has 5 atom stereocenters. The maximum atomic E-state index is 12.9. The first-order valence-corrected chi connectivity index (χ1v) is 11.0. The van der Waals surface area contributed by atoms with Crippen LogP contribution >= 0.6 is 12.6 Å². The van der Waals surface area contributed by atoms with Crippen molar-refractivity contribution in [1.29, 1.82) is 0 Å². The van der Waals surface area contributed by atoms with Gasteiger partial charge >= 0.3 is 11.9 Å². The van der Waals surface area contributed by atoms with Crippen molar-refractivity contribution in [2.24, 2.45) is 5.73 Å². The highest BCUT2D eigenvalue weighted by Gasteiger charge is 2.32. The van der Waals surface area contributed by atoms with Crippen LogP contribution in [0.2, 0.25) is 0 Å². The average molecular weight is 499 g/mol.